The number of aliphatic hydroxyl groups excluding tert-OH is 1. The number of anilines is 1. The Balaban J connectivity index is 1.95. The van der Waals surface area contributed by atoms with Crippen LogP contribution in [0.5, 0.6) is 0 Å². The van der Waals surface area contributed by atoms with Gasteiger partial charge in [0.1, 0.15) is 12.4 Å². The summed E-state index contributed by atoms with van der Waals surface area (Å²) < 4.78 is 14.5. The molecule has 2 amide bonds. The van der Waals surface area contributed by atoms with E-state index >= 15 is 0 Å². The molecule has 0 spiro atoms. The van der Waals surface area contributed by atoms with Crippen molar-refractivity contribution in [3.63, 3.8) is 0 Å². The first kappa shape index (κ1) is 19.9. The number of carbonyl (C=O) groups excluding carboxylic acids is 2. The molecule has 7 nitrogen and oxygen atoms in total. The minimum Gasteiger partial charge on any atom is -0.390 e. The van der Waals surface area contributed by atoms with E-state index in [-0.39, 0.29) is 36.5 Å². The molecule has 0 unspecified atom stereocenters. The summed E-state index contributed by atoms with van der Waals surface area (Å²) in [7, 11) is 0. The number of thioether (sulfide) groups is 1. The van der Waals surface area contributed by atoms with Crippen LogP contribution in [0, 0.1) is 5.82 Å². The third kappa shape index (κ3) is 5.85. The summed E-state index contributed by atoms with van der Waals surface area (Å²) in [5, 5.41) is 15.3. The first-order valence-electron chi connectivity index (χ1n) is 8.13. The second-order valence-corrected chi connectivity index (χ2v) is 6.41. The Labute approximate surface area is 155 Å². The number of hydrogen-bond acceptors (Lipinski definition) is 5. The number of benzene rings is 1. The minimum atomic E-state index is -0.378. The van der Waals surface area contributed by atoms with Gasteiger partial charge in [0.25, 0.3) is 0 Å². The van der Waals surface area contributed by atoms with Gasteiger partial charge >= 0.3 is 0 Å². The van der Waals surface area contributed by atoms with E-state index in [2.05, 4.69) is 15.6 Å². The molecule has 0 atom stereocenters. The number of halogens is 1. The van der Waals surface area contributed by atoms with Gasteiger partial charge in [0.15, 0.2) is 5.16 Å². The van der Waals surface area contributed by atoms with Crippen molar-refractivity contribution in [3.05, 3.63) is 42.0 Å². The van der Waals surface area contributed by atoms with E-state index < -0.39 is 0 Å². The second kappa shape index (κ2) is 9.93. The molecule has 3 N–H and O–H groups in total. The Bertz CT molecular complexity index is 749. The Morgan fingerprint density at radius 3 is 2.65 bits per heavy atom. The number of aromatic nitrogens is 2. The van der Waals surface area contributed by atoms with Crippen LogP contribution in [-0.4, -0.2) is 38.8 Å². The van der Waals surface area contributed by atoms with Crippen molar-refractivity contribution >= 4 is 29.3 Å². The molecule has 1 heterocycles. The van der Waals surface area contributed by atoms with Crippen LogP contribution in [0.15, 0.2) is 35.6 Å². The third-order valence-corrected chi connectivity index (χ3v) is 4.39. The lowest BCUT2D eigenvalue weighted by atomic mass is 10.3. The first-order valence-corrected chi connectivity index (χ1v) is 9.12. The Kier molecular flexibility index (Phi) is 7.61. The highest BCUT2D eigenvalue weighted by Gasteiger charge is 2.15. The number of imidazole rings is 1. The lowest BCUT2D eigenvalue weighted by Gasteiger charge is -2.11. The molecule has 0 saturated carbocycles. The van der Waals surface area contributed by atoms with Crippen LogP contribution in [0.25, 0.3) is 0 Å². The average molecular weight is 380 g/mol. The molecule has 0 aliphatic rings. The van der Waals surface area contributed by atoms with E-state index in [1.54, 1.807) is 4.57 Å². The summed E-state index contributed by atoms with van der Waals surface area (Å²) >= 11 is 1.15. The van der Waals surface area contributed by atoms with Crippen LogP contribution in [-0.2, 0) is 22.7 Å². The number of rotatable bonds is 9. The summed E-state index contributed by atoms with van der Waals surface area (Å²) in [6.07, 6.45) is 2.31. The summed E-state index contributed by atoms with van der Waals surface area (Å²) in [5.74, 6) is -0.776. The normalized spacial score (nSPS) is 10.6. The smallest absolute Gasteiger partial charge is 0.240 e. The average Bonchev–Trinajstić information content (AvgIpc) is 3.01. The zero-order chi connectivity index (χ0) is 18.9. The molecule has 1 aromatic heterocycles. The third-order valence-electron chi connectivity index (χ3n) is 3.40. The minimum absolute atomic E-state index is 0.0256. The number of hydrogen-bond donors (Lipinski definition) is 3. The lowest BCUT2D eigenvalue weighted by molar-refractivity contribution is -0.121. The maximum Gasteiger partial charge on any atom is 0.240 e. The predicted octanol–water partition coefficient (Wildman–Crippen LogP) is 1.77. The van der Waals surface area contributed by atoms with E-state index in [1.165, 1.54) is 30.5 Å². The van der Waals surface area contributed by atoms with Crippen molar-refractivity contribution in [3.8, 4) is 0 Å². The highest BCUT2D eigenvalue weighted by Crippen LogP contribution is 2.19. The summed E-state index contributed by atoms with van der Waals surface area (Å²) in [6.45, 7) is 2.30. The van der Waals surface area contributed by atoms with Gasteiger partial charge in [-0.15, -0.1) is 0 Å². The second-order valence-electron chi connectivity index (χ2n) is 5.47. The molecule has 2 aromatic rings. The van der Waals surface area contributed by atoms with E-state index in [9.17, 15) is 19.1 Å². The number of carbonyl (C=O) groups is 2. The zero-order valence-corrected chi connectivity index (χ0v) is 15.2. The molecular formula is C17H21FN4O3S. The van der Waals surface area contributed by atoms with Gasteiger partial charge in [-0.2, -0.15) is 0 Å². The van der Waals surface area contributed by atoms with Gasteiger partial charge in [-0.25, -0.2) is 9.37 Å². The zero-order valence-electron chi connectivity index (χ0n) is 14.4. The van der Waals surface area contributed by atoms with E-state index in [0.29, 0.717) is 23.1 Å². The summed E-state index contributed by atoms with van der Waals surface area (Å²) in [4.78, 5) is 28.1. The van der Waals surface area contributed by atoms with Crippen molar-refractivity contribution in [1.29, 1.82) is 0 Å². The van der Waals surface area contributed by atoms with Crippen molar-refractivity contribution in [2.24, 2.45) is 0 Å². The van der Waals surface area contributed by atoms with Gasteiger partial charge in [-0.3, -0.25) is 9.59 Å². The molecule has 0 aliphatic heterocycles. The standard InChI is InChI=1S/C17H21FN4O3S/c1-2-7-19-15(24)9-22-14(10-23)8-20-17(22)26-11-16(25)21-13-5-3-12(18)4-6-13/h3-6,8,23H,2,7,9-11H2,1H3,(H,19,24)(H,21,25). The number of aliphatic hydroxyl groups is 1. The van der Waals surface area contributed by atoms with Crippen molar-refractivity contribution in [2.75, 3.05) is 17.6 Å². The molecule has 0 bridgehead atoms. The molecule has 0 saturated heterocycles. The highest BCUT2D eigenvalue weighted by atomic mass is 32.2. The lowest BCUT2D eigenvalue weighted by Crippen LogP contribution is -2.29. The maximum atomic E-state index is 12.9. The molecule has 0 radical (unpaired) electrons. The van der Waals surface area contributed by atoms with Crippen LogP contribution in [0.4, 0.5) is 10.1 Å². The first-order chi connectivity index (χ1) is 12.5. The maximum absolute atomic E-state index is 12.9. The molecule has 0 fully saturated rings. The van der Waals surface area contributed by atoms with Crippen LogP contribution in [0.3, 0.4) is 0 Å². The Hall–Kier alpha value is -2.39. The fraction of sp³-hybridized carbons (Fsp3) is 0.353. The summed E-state index contributed by atoms with van der Waals surface area (Å²) in [5.41, 5.74) is 0.994. The van der Waals surface area contributed by atoms with Crippen molar-refractivity contribution < 1.29 is 19.1 Å². The number of nitrogens with zero attached hydrogens (tertiary/aromatic N) is 2. The molecule has 2 rings (SSSR count). The molecule has 140 valence electrons. The van der Waals surface area contributed by atoms with Gasteiger partial charge in [-0.05, 0) is 30.7 Å². The van der Waals surface area contributed by atoms with Crippen LogP contribution in [0.1, 0.15) is 19.0 Å². The molecular weight excluding hydrogens is 359 g/mol. The van der Waals surface area contributed by atoms with Crippen LogP contribution < -0.4 is 10.6 Å². The Morgan fingerprint density at radius 2 is 2.00 bits per heavy atom. The van der Waals surface area contributed by atoms with Crippen molar-refractivity contribution in [2.45, 2.75) is 31.7 Å². The number of nitrogens with one attached hydrogen (secondary N) is 2. The molecule has 9 heteroatoms. The Morgan fingerprint density at radius 1 is 1.27 bits per heavy atom. The topological polar surface area (TPSA) is 96.2 Å². The van der Waals surface area contributed by atoms with Gasteiger partial charge in [0.2, 0.25) is 11.8 Å². The quantitative estimate of drug-likeness (QED) is 0.576. The summed E-state index contributed by atoms with van der Waals surface area (Å²) in [6, 6.07) is 5.47. The fourth-order valence-electron chi connectivity index (χ4n) is 2.13. The SMILES string of the molecule is CCCNC(=O)Cn1c(CO)cnc1SCC(=O)Nc1ccc(F)cc1. The molecule has 26 heavy (non-hydrogen) atoms. The molecule has 0 aliphatic carbocycles. The molecule has 1 aromatic carbocycles. The van der Waals surface area contributed by atoms with Gasteiger partial charge in [-0.1, -0.05) is 18.7 Å². The predicted molar refractivity (Wildman–Crippen MR) is 97.2 cm³/mol. The van der Waals surface area contributed by atoms with Gasteiger partial charge in [0, 0.05) is 12.2 Å². The monoisotopic (exact) mass is 380 g/mol. The van der Waals surface area contributed by atoms with E-state index in [1.807, 2.05) is 6.92 Å². The van der Waals surface area contributed by atoms with Crippen LogP contribution >= 0.6 is 11.8 Å². The van der Waals surface area contributed by atoms with Crippen LogP contribution in [0.2, 0.25) is 0 Å². The fourth-order valence-corrected chi connectivity index (χ4v) is 2.92. The van der Waals surface area contributed by atoms with E-state index in [0.717, 1.165) is 18.2 Å². The number of amides is 2. The largest absolute Gasteiger partial charge is 0.390 e. The van der Waals surface area contributed by atoms with Gasteiger partial charge < -0.3 is 20.3 Å². The highest BCUT2D eigenvalue weighted by molar-refractivity contribution is 7.99. The van der Waals surface area contributed by atoms with Crippen molar-refractivity contribution in [1.82, 2.24) is 14.9 Å². The van der Waals surface area contributed by atoms with Gasteiger partial charge in [0.05, 0.1) is 24.3 Å². The van der Waals surface area contributed by atoms with E-state index in [4.69, 9.17) is 0 Å².